The van der Waals surface area contributed by atoms with Crippen LogP contribution in [-0.4, -0.2) is 63.8 Å². The molecule has 2 aromatic rings. The molecule has 1 unspecified atom stereocenters. The van der Waals surface area contributed by atoms with Gasteiger partial charge >= 0.3 is 0 Å². The summed E-state index contributed by atoms with van der Waals surface area (Å²) in [6.07, 6.45) is 2.31. The van der Waals surface area contributed by atoms with Crippen LogP contribution in [0.15, 0.2) is 24.3 Å². The Morgan fingerprint density at radius 1 is 1.09 bits per heavy atom. The smallest absolute Gasteiger partial charge is 0.273 e. The van der Waals surface area contributed by atoms with Gasteiger partial charge in [0.1, 0.15) is 11.5 Å². The highest BCUT2D eigenvalue weighted by atomic mass is 35.5. The number of piperazine rings is 1. The van der Waals surface area contributed by atoms with E-state index in [1.165, 1.54) is 5.56 Å². The molecule has 2 fully saturated rings. The van der Waals surface area contributed by atoms with Crippen molar-refractivity contribution in [2.75, 3.05) is 36.4 Å². The maximum absolute atomic E-state index is 13.2. The molecule has 8 nitrogen and oxygen atoms in total. The van der Waals surface area contributed by atoms with Gasteiger partial charge in [-0.15, -0.1) is 0 Å². The number of carbonyl (C=O) groups is 2. The van der Waals surface area contributed by atoms with Gasteiger partial charge in [-0.3, -0.25) is 9.59 Å². The number of nitrogens with one attached hydrogen (secondary N) is 1. The van der Waals surface area contributed by atoms with Crippen LogP contribution in [0.1, 0.15) is 61.3 Å². The van der Waals surface area contributed by atoms with E-state index in [0.29, 0.717) is 55.3 Å². The van der Waals surface area contributed by atoms with Gasteiger partial charge in [-0.1, -0.05) is 23.7 Å². The Balaban J connectivity index is 1.49. The highest BCUT2D eigenvalue weighted by Gasteiger charge is 2.38. The summed E-state index contributed by atoms with van der Waals surface area (Å²) >= 11 is 6.13. The van der Waals surface area contributed by atoms with Crippen LogP contribution < -0.4 is 10.2 Å². The van der Waals surface area contributed by atoms with Gasteiger partial charge in [0.25, 0.3) is 5.91 Å². The third-order valence-corrected chi connectivity index (χ3v) is 7.29. The first-order chi connectivity index (χ1) is 16.3. The third kappa shape index (κ3) is 4.43. The molecule has 0 bridgehead atoms. The van der Waals surface area contributed by atoms with Gasteiger partial charge in [-0.25, -0.2) is 4.98 Å². The summed E-state index contributed by atoms with van der Waals surface area (Å²) in [5.41, 5.74) is 2.52. The molecular formula is C25H31ClN6O2. The van der Waals surface area contributed by atoms with E-state index >= 15 is 0 Å². The first kappa shape index (κ1) is 22.9. The molecule has 1 saturated heterocycles. The van der Waals surface area contributed by atoms with Crippen molar-refractivity contribution >= 4 is 35.2 Å². The summed E-state index contributed by atoms with van der Waals surface area (Å²) in [6, 6.07) is 8.14. The van der Waals surface area contributed by atoms with Crippen LogP contribution in [0.25, 0.3) is 0 Å². The van der Waals surface area contributed by atoms with Crippen molar-refractivity contribution in [3.63, 3.8) is 0 Å². The van der Waals surface area contributed by atoms with Gasteiger partial charge in [0.05, 0.1) is 12.6 Å². The van der Waals surface area contributed by atoms with Crippen LogP contribution in [0.4, 0.5) is 11.8 Å². The van der Waals surface area contributed by atoms with E-state index in [1.807, 2.05) is 35.8 Å². The maximum Gasteiger partial charge on any atom is 0.273 e. The zero-order valence-corrected chi connectivity index (χ0v) is 20.7. The minimum atomic E-state index is -0.0477. The Hall–Kier alpha value is -2.87. The zero-order chi connectivity index (χ0) is 24.0. The number of fused-ring (bicyclic) bond motifs is 1. The number of amides is 2. The lowest BCUT2D eigenvalue weighted by Gasteiger charge is -2.34. The molecule has 180 valence electrons. The van der Waals surface area contributed by atoms with Crippen LogP contribution in [0, 0.1) is 5.92 Å². The SMILES string of the molecule is CC(=O)N1CCN(c2nc(NC(c3ccc(Cl)cc3)C3CC3)c3c(n2)C(=O)N(C(C)C)C3)CC1. The van der Waals surface area contributed by atoms with E-state index in [0.717, 1.165) is 24.2 Å². The molecular weight excluding hydrogens is 452 g/mol. The van der Waals surface area contributed by atoms with Gasteiger partial charge in [-0.05, 0) is 50.3 Å². The molecule has 3 heterocycles. The Labute approximate surface area is 205 Å². The van der Waals surface area contributed by atoms with Crippen molar-refractivity contribution < 1.29 is 9.59 Å². The number of benzene rings is 1. The monoisotopic (exact) mass is 482 g/mol. The minimum Gasteiger partial charge on any atom is -0.363 e. The first-order valence-electron chi connectivity index (χ1n) is 12.1. The van der Waals surface area contributed by atoms with E-state index in [9.17, 15) is 9.59 Å². The van der Waals surface area contributed by atoms with Crippen molar-refractivity contribution in [3.8, 4) is 0 Å². The number of nitrogens with zero attached hydrogens (tertiary/aromatic N) is 5. The van der Waals surface area contributed by atoms with Crippen molar-refractivity contribution in [1.82, 2.24) is 19.8 Å². The molecule has 2 aliphatic heterocycles. The number of hydrogen-bond donors (Lipinski definition) is 1. The number of anilines is 2. The van der Waals surface area contributed by atoms with Crippen LogP contribution >= 0.6 is 11.6 Å². The molecule has 0 spiro atoms. The van der Waals surface area contributed by atoms with E-state index in [-0.39, 0.29) is 23.9 Å². The van der Waals surface area contributed by atoms with Crippen LogP contribution in [0.2, 0.25) is 5.02 Å². The quantitative estimate of drug-likeness (QED) is 0.675. The van der Waals surface area contributed by atoms with Crippen LogP contribution in [0.3, 0.4) is 0 Å². The fraction of sp³-hybridized carbons (Fsp3) is 0.520. The Morgan fingerprint density at radius 3 is 2.35 bits per heavy atom. The fourth-order valence-corrected chi connectivity index (χ4v) is 4.92. The molecule has 1 N–H and O–H groups in total. The lowest BCUT2D eigenvalue weighted by Crippen LogP contribution is -2.48. The lowest BCUT2D eigenvalue weighted by molar-refractivity contribution is -0.129. The van der Waals surface area contributed by atoms with E-state index < -0.39 is 0 Å². The molecule has 1 aromatic carbocycles. The number of hydrogen-bond acceptors (Lipinski definition) is 6. The highest BCUT2D eigenvalue weighted by molar-refractivity contribution is 6.30. The summed E-state index contributed by atoms with van der Waals surface area (Å²) in [6.45, 7) is 8.67. The molecule has 1 aliphatic carbocycles. The second-order valence-electron chi connectivity index (χ2n) is 9.73. The summed E-state index contributed by atoms with van der Waals surface area (Å²) in [5.74, 6) is 1.84. The summed E-state index contributed by atoms with van der Waals surface area (Å²) < 4.78 is 0. The van der Waals surface area contributed by atoms with Gasteiger partial charge in [0.15, 0.2) is 0 Å². The second-order valence-corrected chi connectivity index (χ2v) is 10.2. The molecule has 1 aromatic heterocycles. The average Bonchev–Trinajstić information content (AvgIpc) is 3.61. The standard InChI is InChI=1S/C25H31ClN6O2/c1-15(2)32-14-20-22(24(32)34)28-25(31-12-10-30(11-13-31)16(3)33)29-23(20)27-21(17-4-5-17)18-6-8-19(26)9-7-18/h6-9,15,17,21H,4-5,10-14H2,1-3H3,(H,27,28,29). The summed E-state index contributed by atoms with van der Waals surface area (Å²) in [5, 5.41) is 4.41. The predicted octanol–water partition coefficient (Wildman–Crippen LogP) is 3.73. The summed E-state index contributed by atoms with van der Waals surface area (Å²) in [7, 11) is 0. The van der Waals surface area contributed by atoms with Gasteiger partial charge in [0, 0.05) is 49.7 Å². The predicted molar refractivity (Wildman–Crippen MR) is 132 cm³/mol. The van der Waals surface area contributed by atoms with E-state index in [2.05, 4.69) is 22.3 Å². The average molecular weight is 483 g/mol. The molecule has 3 aliphatic rings. The molecule has 2 amide bonds. The lowest BCUT2D eigenvalue weighted by atomic mass is 10.0. The fourth-order valence-electron chi connectivity index (χ4n) is 4.80. The molecule has 9 heteroatoms. The highest BCUT2D eigenvalue weighted by Crippen LogP contribution is 2.44. The largest absolute Gasteiger partial charge is 0.363 e. The van der Waals surface area contributed by atoms with Crippen molar-refractivity contribution in [2.24, 2.45) is 5.92 Å². The normalized spacial score (nSPS) is 19.0. The van der Waals surface area contributed by atoms with Crippen LogP contribution in [0.5, 0.6) is 0 Å². The first-order valence-corrected chi connectivity index (χ1v) is 12.4. The Morgan fingerprint density at radius 2 is 1.76 bits per heavy atom. The van der Waals surface area contributed by atoms with E-state index in [1.54, 1.807) is 6.92 Å². The Bertz CT molecular complexity index is 1090. The zero-order valence-electron chi connectivity index (χ0n) is 19.9. The number of halogens is 1. The number of carbonyl (C=O) groups excluding carboxylic acids is 2. The molecule has 34 heavy (non-hydrogen) atoms. The number of aromatic nitrogens is 2. The second kappa shape index (κ2) is 9.06. The van der Waals surface area contributed by atoms with Crippen molar-refractivity contribution in [2.45, 2.75) is 52.2 Å². The molecule has 1 saturated carbocycles. The van der Waals surface area contributed by atoms with Crippen molar-refractivity contribution in [3.05, 3.63) is 46.1 Å². The third-order valence-electron chi connectivity index (χ3n) is 7.03. The molecule has 0 radical (unpaired) electrons. The summed E-state index contributed by atoms with van der Waals surface area (Å²) in [4.78, 5) is 40.4. The molecule has 1 atom stereocenters. The van der Waals surface area contributed by atoms with Gasteiger partial charge in [0.2, 0.25) is 11.9 Å². The Kier molecular flexibility index (Phi) is 6.10. The number of rotatable bonds is 6. The minimum absolute atomic E-state index is 0.0477. The maximum atomic E-state index is 13.2. The van der Waals surface area contributed by atoms with Crippen molar-refractivity contribution in [1.29, 1.82) is 0 Å². The van der Waals surface area contributed by atoms with E-state index in [4.69, 9.17) is 21.6 Å². The van der Waals surface area contributed by atoms with Gasteiger partial charge in [-0.2, -0.15) is 4.98 Å². The topological polar surface area (TPSA) is 81.7 Å². The van der Waals surface area contributed by atoms with Crippen LogP contribution in [-0.2, 0) is 11.3 Å². The van der Waals surface area contributed by atoms with Gasteiger partial charge < -0.3 is 20.0 Å². The molecule has 5 rings (SSSR count).